The molecular weight excluding hydrogens is 252 g/mol. The smallest absolute Gasteiger partial charge is 0.236 e. The maximum Gasteiger partial charge on any atom is 0.236 e. The molecule has 116 valence electrons. The van der Waals surface area contributed by atoms with Gasteiger partial charge in [-0.15, -0.1) is 0 Å². The molecule has 0 aromatic heterocycles. The zero-order valence-electron chi connectivity index (χ0n) is 13.7. The summed E-state index contributed by atoms with van der Waals surface area (Å²) in [5, 5.41) is 0. The van der Waals surface area contributed by atoms with E-state index in [1.807, 2.05) is 0 Å². The van der Waals surface area contributed by atoms with Crippen LogP contribution >= 0.6 is 0 Å². The molecule has 3 atom stereocenters. The molecule has 0 saturated carbocycles. The van der Waals surface area contributed by atoms with E-state index in [-0.39, 0.29) is 17.6 Å². The van der Waals surface area contributed by atoms with Crippen LogP contribution in [0.5, 0.6) is 0 Å². The second-order valence-electron chi connectivity index (χ2n) is 7.56. The summed E-state index contributed by atoms with van der Waals surface area (Å²) >= 11 is 0. The van der Waals surface area contributed by atoms with Crippen molar-refractivity contribution in [2.75, 3.05) is 32.8 Å². The van der Waals surface area contributed by atoms with Crippen molar-refractivity contribution in [1.82, 2.24) is 9.80 Å². The lowest BCUT2D eigenvalue weighted by atomic mass is 9.92. The number of likely N-dealkylation sites (tertiary alicyclic amines) is 1. The second kappa shape index (κ2) is 6.02. The van der Waals surface area contributed by atoms with Crippen molar-refractivity contribution in [1.29, 1.82) is 0 Å². The molecule has 0 aromatic carbocycles. The van der Waals surface area contributed by atoms with Gasteiger partial charge in [0.15, 0.2) is 0 Å². The van der Waals surface area contributed by atoms with Gasteiger partial charge < -0.3 is 9.64 Å². The van der Waals surface area contributed by atoms with Crippen LogP contribution in [0.15, 0.2) is 0 Å². The van der Waals surface area contributed by atoms with Crippen LogP contribution in [0.2, 0.25) is 0 Å². The van der Waals surface area contributed by atoms with Crippen LogP contribution in [-0.4, -0.2) is 60.1 Å². The maximum atomic E-state index is 12.6. The lowest BCUT2D eigenvalue weighted by Crippen LogP contribution is -2.58. The molecule has 3 unspecified atom stereocenters. The minimum absolute atomic E-state index is 0.0464. The van der Waals surface area contributed by atoms with Gasteiger partial charge in [-0.3, -0.25) is 9.69 Å². The Morgan fingerprint density at radius 2 is 1.75 bits per heavy atom. The summed E-state index contributed by atoms with van der Waals surface area (Å²) < 4.78 is 5.72. The van der Waals surface area contributed by atoms with Crippen molar-refractivity contribution in [3.63, 3.8) is 0 Å². The Kier molecular flexibility index (Phi) is 4.75. The van der Waals surface area contributed by atoms with E-state index in [2.05, 4.69) is 44.4 Å². The number of morpholine rings is 1. The van der Waals surface area contributed by atoms with Crippen LogP contribution in [0, 0.1) is 11.8 Å². The van der Waals surface area contributed by atoms with Gasteiger partial charge in [-0.2, -0.15) is 0 Å². The molecule has 0 radical (unpaired) electrons. The molecule has 0 aromatic rings. The van der Waals surface area contributed by atoms with Crippen molar-refractivity contribution in [3.05, 3.63) is 0 Å². The van der Waals surface area contributed by atoms with Crippen molar-refractivity contribution in [2.45, 2.75) is 52.7 Å². The number of carbonyl (C=O) groups excluding carboxylic acids is 1. The number of ether oxygens (including phenoxy) is 1. The first kappa shape index (κ1) is 15.8. The average molecular weight is 282 g/mol. The zero-order chi connectivity index (χ0) is 14.9. The number of rotatable bonds is 2. The third kappa shape index (κ3) is 3.73. The van der Waals surface area contributed by atoms with Gasteiger partial charge >= 0.3 is 0 Å². The summed E-state index contributed by atoms with van der Waals surface area (Å²) in [6, 6.07) is 0. The molecule has 1 amide bonds. The minimum atomic E-state index is -0.0464. The fourth-order valence-corrected chi connectivity index (χ4v) is 3.46. The van der Waals surface area contributed by atoms with Crippen molar-refractivity contribution in [3.8, 4) is 0 Å². The number of hydrogen-bond acceptors (Lipinski definition) is 3. The highest BCUT2D eigenvalue weighted by molar-refractivity contribution is 5.78. The summed E-state index contributed by atoms with van der Waals surface area (Å²) in [4.78, 5) is 16.9. The first-order chi connectivity index (χ1) is 9.28. The molecule has 0 aliphatic carbocycles. The van der Waals surface area contributed by atoms with Crippen LogP contribution < -0.4 is 0 Å². The lowest BCUT2D eigenvalue weighted by Gasteiger charge is -2.45. The summed E-state index contributed by atoms with van der Waals surface area (Å²) in [5.41, 5.74) is -0.0464. The topological polar surface area (TPSA) is 32.8 Å². The van der Waals surface area contributed by atoms with Gasteiger partial charge in [0.25, 0.3) is 0 Å². The van der Waals surface area contributed by atoms with Crippen LogP contribution in [0.1, 0.15) is 41.0 Å². The van der Waals surface area contributed by atoms with Gasteiger partial charge in [0.2, 0.25) is 5.91 Å². The number of hydrogen-bond donors (Lipinski definition) is 0. The van der Waals surface area contributed by atoms with E-state index in [1.165, 1.54) is 6.42 Å². The van der Waals surface area contributed by atoms with Gasteiger partial charge in [0.1, 0.15) is 0 Å². The van der Waals surface area contributed by atoms with Gasteiger partial charge in [0.05, 0.1) is 19.3 Å². The van der Waals surface area contributed by atoms with Gasteiger partial charge in [-0.25, -0.2) is 0 Å². The molecule has 2 heterocycles. The Hall–Kier alpha value is -0.610. The fraction of sp³-hybridized carbons (Fsp3) is 0.938. The van der Waals surface area contributed by atoms with Crippen LogP contribution in [0.3, 0.4) is 0 Å². The lowest BCUT2D eigenvalue weighted by molar-refractivity contribution is -0.143. The molecule has 2 aliphatic heterocycles. The highest BCUT2D eigenvalue weighted by Crippen LogP contribution is 2.24. The highest BCUT2D eigenvalue weighted by atomic mass is 16.5. The Labute approximate surface area is 123 Å². The standard InChI is InChI=1S/C16H30N2O2/c1-12-6-13(2)8-17(7-12)15(19)10-18-9-14(3)20-11-16(18,4)5/h12-14H,6-11H2,1-5H3. The fourth-order valence-electron chi connectivity index (χ4n) is 3.46. The van der Waals surface area contributed by atoms with E-state index >= 15 is 0 Å². The van der Waals surface area contributed by atoms with E-state index in [0.717, 1.165) is 19.6 Å². The summed E-state index contributed by atoms with van der Waals surface area (Å²) in [6.07, 6.45) is 1.46. The third-order valence-electron chi connectivity index (χ3n) is 4.60. The molecule has 2 rings (SSSR count). The first-order valence-electron chi connectivity index (χ1n) is 7.92. The predicted octanol–water partition coefficient (Wildman–Crippen LogP) is 1.99. The Balaban J connectivity index is 1.96. The van der Waals surface area contributed by atoms with Gasteiger partial charge in [0, 0.05) is 25.2 Å². The largest absolute Gasteiger partial charge is 0.375 e. The highest BCUT2D eigenvalue weighted by Gasteiger charge is 2.36. The molecule has 2 fully saturated rings. The zero-order valence-corrected chi connectivity index (χ0v) is 13.7. The Morgan fingerprint density at radius 1 is 1.15 bits per heavy atom. The number of piperidine rings is 1. The van der Waals surface area contributed by atoms with Gasteiger partial charge in [-0.1, -0.05) is 13.8 Å². The SMILES string of the molecule is CC1CC(C)CN(C(=O)CN2CC(C)OCC2(C)C)C1. The first-order valence-corrected chi connectivity index (χ1v) is 7.92. The Morgan fingerprint density at radius 3 is 2.35 bits per heavy atom. The average Bonchev–Trinajstić information content (AvgIpc) is 2.33. The summed E-state index contributed by atoms with van der Waals surface area (Å²) in [7, 11) is 0. The molecular formula is C16H30N2O2. The van der Waals surface area contributed by atoms with Crippen molar-refractivity contribution in [2.24, 2.45) is 11.8 Å². The minimum Gasteiger partial charge on any atom is -0.375 e. The number of nitrogens with zero attached hydrogens (tertiary/aromatic N) is 2. The van der Waals surface area contributed by atoms with Crippen LogP contribution in [0.4, 0.5) is 0 Å². The van der Waals surface area contributed by atoms with Gasteiger partial charge in [-0.05, 0) is 39.0 Å². The van der Waals surface area contributed by atoms with Crippen molar-refractivity contribution >= 4 is 5.91 Å². The van der Waals surface area contributed by atoms with Crippen molar-refractivity contribution < 1.29 is 9.53 Å². The molecule has 2 saturated heterocycles. The summed E-state index contributed by atoms with van der Waals surface area (Å²) in [6.45, 7) is 14.8. The summed E-state index contributed by atoms with van der Waals surface area (Å²) in [5.74, 6) is 1.53. The monoisotopic (exact) mass is 282 g/mol. The van der Waals surface area contributed by atoms with E-state index in [4.69, 9.17) is 4.74 Å². The molecule has 0 N–H and O–H groups in total. The molecule has 0 bridgehead atoms. The van der Waals surface area contributed by atoms with Crippen LogP contribution in [0.25, 0.3) is 0 Å². The number of amides is 1. The quantitative estimate of drug-likeness (QED) is 0.776. The molecule has 4 heteroatoms. The van der Waals surface area contributed by atoms with Crippen LogP contribution in [-0.2, 0) is 9.53 Å². The van der Waals surface area contributed by atoms with E-state index in [0.29, 0.717) is 25.0 Å². The molecule has 20 heavy (non-hydrogen) atoms. The third-order valence-corrected chi connectivity index (χ3v) is 4.60. The second-order valence-corrected chi connectivity index (χ2v) is 7.56. The van der Waals surface area contributed by atoms with E-state index < -0.39 is 0 Å². The molecule has 4 nitrogen and oxygen atoms in total. The molecule has 2 aliphatic rings. The number of carbonyl (C=O) groups is 1. The Bertz CT molecular complexity index is 346. The van der Waals surface area contributed by atoms with E-state index in [1.54, 1.807) is 0 Å². The normalized spacial score (nSPS) is 35.0. The van der Waals surface area contributed by atoms with E-state index in [9.17, 15) is 4.79 Å². The maximum absolute atomic E-state index is 12.6. The predicted molar refractivity (Wildman–Crippen MR) is 80.6 cm³/mol. The molecule has 0 spiro atoms.